The van der Waals surface area contributed by atoms with Crippen molar-refractivity contribution in [2.75, 3.05) is 13.2 Å². The van der Waals surface area contributed by atoms with Gasteiger partial charge in [0.15, 0.2) is 0 Å². The number of hydrogen-bond acceptors (Lipinski definition) is 5. The van der Waals surface area contributed by atoms with Gasteiger partial charge in [0.25, 0.3) is 0 Å². The summed E-state index contributed by atoms with van der Waals surface area (Å²) in [6.45, 7) is 9.51. The molecule has 0 bridgehead atoms. The van der Waals surface area contributed by atoms with Crippen molar-refractivity contribution in [1.82, 2.24) is 4.98 Å². The Balaban J connectivity index is 1.72. The first-order valence-corrected chi connectivity index (χ1v) is 8.42. The minimum absolute atomic E-state index is 0.108. The minimum atomic E-state index is -0.470. The summed E-state index contributed by atoms with van der Waals surface area (Å²) in [7, 11) is -0.470. The third-order valence-electron chi connectivity index (χ3n) is 4.80. The highest BCUT2D eigenvalue weighted by molar-refractivity contribution is 6.62. The fourth-order valence-electron chi connectivity index (χ4n) is 2.59. The first-order chi connectivity index (χ1) is 10.8. The van der Waals surface area contributed by atoms with Crippen molar-refractivity contribution in [3.05, 3.63) is 17.3 Å². The molecule has 3 rings (SSSR count). The quantitative estimate of drug-likeness (QED) is 0.792. The molecule has 0 radical (unpaired) electrons. The summed E-state index contributed by atoms with van der Waals surface area (Å²) in [5.74, 6) is 0.457. The van der Waals surface area contributed by atoms with Crippen LogP contribution in [-0.4, -0.2) is 42.6 Å². The number of pyridine rings is 1. The smallest absolute Gasteiger partial charge is 0.473 e. The van der Waals surface area contributed by atoms with Crippen molar-refractivity contribution in [3.8, 4) is 5.88 Å². The SMILES string of the molecule is CC1(C)OB(c2cnc(OC3CCOCC3)c(Cl)c2)OC1(C)C. The maximum atomic E-state index is 6.34. The van der Waals surface area contributed by atoms with Crippen LogP contribution in [-0.2, 0) is 14.0 Å². The van der Waals surface area contributed by atoms with E-state index in [0.717, 1.165) is 18.3 Å². The number of hydrogen-bond donors (Lipinski definition) is 0. The van der Waals surface area contributed by atoms with Gasteiger partial charge in [-0.25, -0.2) is 4.98 Å². The molecule has 23 heavy (non-hydrogen) atoms. The molecule has 2 fully saturated rings. The molecular formula is C16H23BClNO4. The van der Waals surface area contributed by atoms with Crippen molar-refractivity contribution in [1.29, 1.82) is 0 Å². The molecule has 7 heteroatoms. The Hall–Kier alpha value is -0.815. The third kappa shape index (κ3) is 3.50. The Bertz CT molecular complexity index is 559. The van der Waals surface area contributed by atoms with E-state index in [-0.39, 0.29) is 17.3 Å². The lowest BCUT2D eigenvalue weighted by molar-refractivity contribution is 0.00578. The molecule has 0 N–H and O–H groups in total. The van der Waals surface area contributed by atoms with E-state index in [4.69, 9.17) is 30.4 Å². The molecule has 5 nitrogen and oxygen atoms in total. The standard InChI is InChI=1S/C16H23BClNO4/c1-15(2)16(3,4)23-17(22-15)11-9-13(18)14(19-10-11)21-12-5-7-20-8-6-12/h9-10,12H,5-8H2,1-4H3. The summed E-state index contributed by atoms with van der Waals surface area (Å²) in [6.07, 6.45) is 3.54. The monoisotopic (exact) mass is 339 g/mol. The van der Waals surface area contributed by atoms with Crippen molar-refractivity contribution in [2.45, 2.75) is 57.8 Å². The van der Waals surface area contributed by atoms with Crippen LogP contribution in [0.1, 0.15) is 40.5 Å². The van der Waals surface area contributed by atoms with E-state index in [0.29, 0.717) is 24.1 Å². The first kappa shape index (κ1) is 17.0. The van der Waals surface area contributed by atoms with E-state index in [1.54, 1.807) is 6.20 Å². The fraction of sp³-hybridized carbons (Fsp3) is 0.688. The van der Waals surface area contributed by atoms with E-state index >= 15 is 0 Å². The van der Waals surface area contributed by atoms with Gasteiger partial charge in [-0.05, 0) is 33.8 Å². The molecule has 0 spiro atoms. The van der Waals surface area contributed by atoms with Crippen LogP contribution in [0.15, 0.2) is 12.3 Å². The lowest BCUT2D eigenvalue weighted by atomic mass is 9.80. The van der Waals surface area contributed by atoms with Gasteiger partial charge in [0.1, 0.15) is 11.1 Å². The lowest BCUT2D eigenvalue weighted by Crippen LogP contribution is -2.41. The van der Waals surface area contributed by atoms with E-state index in [1.165, 1.54) is 0 Å². The van der Waals surface area contributed by atoms with E-state index < -0.39 is 7.12 Å². The molecular weight excluding hydrogens is 316 g/mol. The topological polar surface area (TPSA) is 49.8 Å². The summed E-state index contributed by atoms with van der Waals surface area (Å²) in [5, 5.41) is 0.476. The van der Waals surface area contributed by atoms with Crippen molar-refractivity contribution in [2.24, 2.45) is 0 Å². The van der Waals surface area contributed by atoms with Gasteiger partial charge in [-0.15, -0.1) is 0 Å². The summed E-state index contributed by atoms with van der Waals surface area (Å²) < 4.78 is 23.2. The zero-order valence-electron chi connectivity index (χ0n) is 14.1. The molecule has 0 atom stereocenters. The number of rotatable bonds is 3. The zero-order valence-corrected chi connectivity index (χ0v) is 14.9. The van der Waals surface area contributed by atoms with Gasteiger partial charge in [0.05, 0.1) is 24.4 Å². The van der Waals surface area contributed by atoms with E-state index in [2.05, 4.69) is 4.98 Å². The average Bonchev–Trinajstić information content (AvgIpc) is 2.71. The Labute approximate surface area is 142 Å². The van der Waals surface area contributed by atoms with Crippen LogP contribution in [0.2, 0.25) is 5.02 Å². The predicted octanol–water partition coefficient (Wildman–Crippen LogP) is 2.59. The van der Waals surface area contributed by atoms with Crippen molar-refractivity contribution < 1.29 is 18.8 Å². The van der Waals surface area contributed by atoms with Crippen LogP contribution in [0.3, 0.4) is 0 Å². The molecule has 0 saturated carbocycles. The molecule has 0 aromatic carbocycles. The summed E-state index contributed by atoms with van der Waals surface area (Å²) in [4.78, 5) is 4.36. The van der Waals surface area contributed by atoms with Crippen LogP contribution >= 0.6 is 11.6 Å². The van der Waals surface area contributed by atoms with Crippen LogP contribution in [0.5, 0.6) is 5.88 Å². The first-order valence-electron chi connectivity index (χ1n) is 8.04. The molecule has 0 unspecified atom stereocenters. The van der Waals surface area contributed by atoms with Gasteiger partial charge >= 0.3 is 7.12 Å². The van der Waals surface area contributed by atoms with Crippen molar-refractivity contribution >= 4 is 24.2 Å². The Morgan fingerprint density at radius 3 is 2.35 bits per heavy atom. The summed E-state index contributed by atoms with van der Waals surface area (Å²) in [5.41, 5.74) is 0.0241. The summed E-state index contributed by atoms with van der Waals surface area (Å²) in [6, 6.07) is 1.81. The number of halogens is 1. The van der Waals surface area contributed by atoms with Crippen molar-refractivity contribution in [3.63, 3.8) is 0 Å². The fourth-order valence-corrected chi connectivity index (χ4v) is 2.81. The molecule has 2 saturated heterocycles. The molecule has 1 aromatic rings. The van der Waals surface area contributed by atoms with Gasteiger partial charge in [0.2, 0.25) is 5.88 Å². The second kappa shape index (κ2) is 6.24. The van der Waals surface area contributed by atoms with Gasteiger partial charge < -0.3 is 18.8 Å². The minimum Gasteiger partial charge on any atom is -0.473 e. The Kier molecular flexibility index (Phi) is 4.62. The molecule has 0 aliphatic carbocycles. The third-order valence-corrected chi connectivity index (χ3v) is 5.07. The Morgan fingerprint density at radius 2 is 1.78 bits per heavy atom. The van der Waals surface area contributed by atoms with Gasteiger partial charge in [-0.2, -0.15) is 0 Å². The van der Waals surface area contributed by atoms with Crippen LogP contribution in [0, 0.1) is 0 Å². The molecule has 0 amide bonds. The number of ether oxygens (including phenoxy) is 2. The molecule has 3 heterocycles. The van der Waals surface area contributed by atoms with Crippen LogP contribution in [0.25, 0.3) is 0 Å². The highest BCUT2D eigenvalue weighted by atomic mass is 35.5. The highest BCUT2D eigenvalue weighted by Crippen LogP contribution is 2.36. The molecule has 2 aliphatic heterocycles. The normalized spacial score (nSPS) is 24.0. The summed E-state index contributed by atoms with van der Waals surface area (Å²) >= 11 is 6.34. The molecule has 2 aliphatic rings. The van der Waals surface area contributed by atoms with Gasteiger partial charge in [0, 0.05) is 24.5 Å². The number of nitrogens with zero attached hydrogens (tertiary/aromatic N) is 1. The van der Waals surface area contributed by atoms with Gasteiger partial charge in [-0.1, -0.05) is 11.6 Å². The second-order valence-electron chi connectivity index (χ2n) is 7.07. The van der Waals surface area contributed by atoms with E-state index in [9.17, 15) is 0 Å². The zero-order chi connectivity index (χ0) is 16.7. The molecule has 126 valence electrons. The maximum Gasteiger partial charge on any atom is 0.496 e. The second-order valence-corrected chi connectivity index (χ2v) is 7.48. The largest absolute Gasteiger partial charge is 0.496 e. The molecule has 1 aromatic heterocycles. The van der Waals surface area contributed by atoms with Crippen LogP contribution in [0.4, 0.5) is 0 Å². The maximum absolute atomic E-state index is 6.34. The van der Waals surface area contributed by atoms with Gasteiger partial charge in [-0.3, -0.25) is 0 Å². The Morgan fingerprint density at radius 1 is 1.17 bits per heavy atom. The lowest BCUT2D eigenvalue weighted by Gasteiger charge is -2.32. The number of aromatic nitrogens is 1. The predicted molar refractivity (Wildman–Crippen MR) is 89.4 cm³/mol. The average molecular weight is 340 g/mol. The van der Waals surface area contributed by atoms with E-state index in [1.807, 2.05) is 33.8 Å². The highest BCUT2D eigenvalue weighted by Gasteiger charge is 2.51. The van der Waals surface area contributed by atoms with Crippen LogP contribution < -0.4 is 10.2 Å².